The Hall–Kier alpha value is -2.52. The summed E-state index contributed by atoms with van der Waals surface area (Å²) < 4.78 is 14.3. The molecule has 7 nitrogen and oxygen atoms in total. The number of para-hydroxylation sites is 1. The zero-order valence-corrected chi connectivity index (χ0v) is 17.0. The highest BCUT2D eigenvalue weighted by atomic mass is 19.1. The zero-order valence-electron chi connectivity index (χ0n) is 17.0. The number of carbonyl (C=O) groups is 1. The molecule has 3 heterocycles. The molecule has 2 aromatic carbocycles. The third-order valence-corrected chi connectivity index (χ3v) is 6.35. The summed E-state index contributed by atoms with van der Waals surface area (Å²) in [6, 6.07) is 14.8. The Morgan fingerprint density at radius 1 is 0.967 bits per heavy atom. The first-order chi connectivity index (χ1) is 14.6. The van der Waals surface area contributed by atoms with Gasteiger partial charge in [0.25, 0.3) is 0 Å². The van der Waals surface area contributed by atoms with Crippen molar-refractivity contribution < 1.29 is 9.18 Å². The maximum Gasteiger partial charge on any atom is 0.243 e. The second kappa shape index (κ2) is 7.96. The zero-order chi connectivity index (χ0) is 20.7. The van der Waals surface area contributed by atoms with Gasteiger partial charge in [-0.3, -0.25) is 10.2 Å². The SMILES string of the molecule is CN1CCN(c2ccc(C3NNC4CC(=O)N(c5ccccc5F)NC43)cc2)CC1. The van der Waals surface area contributed by atoms with Gasteiger partial charge < -0.3 is 9.80 Å². The van der Waals surface area contributed by atoms with E-state index in [4.69, 9.17) is 0 Å². The molecule has 158 valence electrons. The summed E-state index contributed by atoms with van der Waals surface area (Å²) in [5.74, 6) is -0.564. The van der Waals surface area contributed by atoms with Gasteiger partial charge in [-0.15, -0.1) is 0 Å². The molecular weight excluding hydrogens is 383 g/mol. The van der Waals surface area contributed by atoms with Crippen LogP contribution < -0.4 is 26.2 Å². The van der Waals surface area contributed by atoms with E-state index in [0.29, 0.717) is 6.42 Å². The van der Waals surface area contributed by atoms with Crippen molar-refractivity contribution in [3.05, 3.63) is 59.9 Å². The van der Waals surface area contributed by atoms with Gasteiger partial charge in [0.15, 0.2) is 0 Å². The van der Waals surface area contributed by atoms with Gasteiger partial charge in [0.1, 0.15) is 5.82 Å². The van der Waals surface area contributed by atoms with E-state index in [1.54, 1.807) is 18.2 Å². The molecule has 30 heavy (non-hydrogen) atoms. The molecule has 3 unspecified atom stereocenters. The molecule has 3 aliphatic rings. The summed E-state index contributed by atoms with van der Waals surface area (Å²) in [5, 5.41) is 1.36. The predicted molar refractivity (Wildman–Crippen MR) is 114 cm³/mol. The minimum Gasteiger partial charge on any atom is -0.369 e. The third kappa shape index (κ3) is 3.56. The summed E-state index contributed by atoms with van der Waals surface area (Å²) >= 11 is 0. The molecule has 3 saturated heterocycles. The van der Waals surface area contributed by atoms with Crippen LogP contribution in [0.15, 0.2) is 48.5 Å². The van der Waals surface area contributed by atoms with Crippen LogP contribution in [0.4, 0.5) is 15.8 Å². The van der Waals surface area contributed by atoms with Crippen molar-refractivity contribution in [1.82, 2.24) is 21.2 Å². The van der Waals surface area contributed by atoms with Crippen molar-refractivity contribution in [3.8, 4) is 0 Å². The molecule has 5 rings (SSSR count). The lowest BCUT2D eigenvalue weighted by molar-refractivity contribution is -0.121. The Labute approximate surface area is 175 Å². The van der Waals surface area contributed by atoms with Crippen LogP contribution in [0.25, 0.3) is 0 Å². The van der Waals surface area contributed by atoms with Crippen molar-refractivity contribution >= 4 is 17.3 Å². The largest absolute Gasteiger partial charge is 0.369 e. The van der Waals surface area contributed by atoms with Crippen LogP contribution in [-0.4, -0.2) is 56.1 Å². The highest BCUT2D eigenvalue weighted by Crippen LogP contribution is 2.31. The van der Waals surface area contributed by atoms with E-state index in [-0.39, 0.29) is 29.7 Å². The summed E-state index contributed by atoms with van der Waals surface area (Å²) in [6.45, 7) is 4.21. The number of likely N-dealkylation sites (N-methyl/N-ethyl adjacent to an activating group) is 1. The van der Waals surface area contributed by atoms with Crippen molar-refractivity contribution in [2.45, 2.75) is 24.5 Å². The van der Waals surface area contributed by atoms with E-state index in [2.05, 4.69) is 57.4 Å². The van der Waals surface area contributed by atoms with Crippen LogP contribution >= 0.6 is 0 Å². The summed E-state index contributed by atoms with van der Waals surface area (Å²) in [4.78, 5) is 17.3. The number of halogens is 1. The van der Waals surface area contributed by atoms with Crippen LogP contribution in [0.5, 0.6) is 0 Å². The van der Waals surface area contributed by atoms with Crippen LogP contribution in [0, 0.1) is 5.82 Å². The van der Waals surface area contributed by atoms with Crippen LogP contribution in [0.1, 0.15) is 18.0 Å². The van der Waals surface area contributed by atoms with Gasteiger partial charge in [-0.1, -0.05) is 24.3 Å². The highest BCUT2D eigenvalue weighted by molar-refractivity contribution is 5.94. The fourth-order valence-corrected chi connectivity index (χ4v) is 4.54. The first kappa shape index (κ1) is 19.4. The van der Waals surface area contributed by atoms with E-state index in [1.165, 1.54) is 16.8 Å². The lowest BCUT2D eigenvalue weighted by Crippen LogP contribution is -2.60. The standard InChI is InChI=1S/C22H27FN6O/c1-27-10-12-28(13-11-27)16-8-6-15(7-9-16)21-22-18(24-25-21)14-20(30)29(26-22)19-5-3-2-4-17(19)23/h2-9,18,21-22,24-26H,10-14H2,1H3. The second-order valence-electron chi connectivity index (χ2n) is 8.29. The first-order valence-electron chi connectivity index (χ1n) is 10.5. The number of carbonyl (C=O) groups excluding carboxylic acids is 1. The van der Waals surface area contributed by atoms with Gasteiger partial charge in [0.2, 0.25) is 5.91 Å². The number of nitrogens with one attached hydrogen (secondary N) is 3. The third-order valence-electron chi connectivity index (χ3n) is 6.35. The van der Waals surface area contributed by atoms with Crippen molar-refractivity contribution in [3.63, 3.8) is 0 Å². The van der Waals surface area contributed by atoms with Crippen LogP contribution in [0.3, 0.4) is 0 Å². The van der Waals surface area contributed by atoms with Crippen molar-refractivity contribution in [2.24, 2.45) is 0 Å². The molecule has 0 spiro atoms. The van der Waals surface area contributed by atoms with Gasteiger partial charge in [-0.05, 0) is 36.9 Å². The molecule has 0 bridgehead atoms. The predicted octanol–water partition coefficient (Wildman–Crippen LogP) is 1.41. The van der Waals surface area contributed by atoms with Crippen LogP contribution in [0.2, 0.25) is 0 Å². The van der Waals surface area contributed by atoms with E-state index < -0.39 is 5.82 Å². The van der Waals surface area contributed by atoms with Crippen LogP contribution in [-0.2, 0) is 4.79 Å². The number of hydrazine groups is 2. The normalized spacial score (nSPS) is 27.4. The lowest BCUT2D eigenvalue weighted by atomic mass is 9.93. The minimum atomic E-state index is -0.413. The first-order valence-corrected chi connectivity index (χ1v) is 10.5. The second-order valence-corrected chi connectivity index (χ2v) is 8.29. The maximum absolute atomic E-state index is 14.3. The monoisotopic (exact) mass is 410 g/mol. The Bertz CT molecular complexity index is 914. The van der Waals surface area contributed by atoms with Gasteiger partial charge in [0.05, 0.1) is 17.8 Å². The van der Waals surface area contributed by atoms with Crippen molar-refractivity contribution in [2.75, 3.05) is 43.1 Å². The average Bonchev–Trinajstić information content (AvgIpc) is 3.17. The molecule has 8 heteroatoms. The molecule has 1 amide bonds. The summed E-state index contributed by atoms with van der Waals surface area (Å²) in [7, 11) is 2.15. The Balaban J connectivity index is 1.33. The summed E-state index contributed by atoms with van der Waals surface area (Å²) in [6.07, 6.45) is 0.300. The van der Waals surface area contributed by atoms with E-state index in [0.717, 1.165) is 31.7 Å². The molecule has 0 aliphatic carbocycles. The highest BCUT2D eigenvalue weighted by Gasteiger charge is 2.44. The Morgan fingerprint density at radius 2 is 1.70 bits per heavy atom. The molecule has 3 fully saturated rings. The fourth-order valence-electron chi connectivity index (χ4n) is 4.54. The number of amides is 1. The Kier molecular flexibility index (Phi) is 5.16. The molecule has 2 aromatic rings. The lowest BCUT2D eigenvalue weighted by Gasteiger charge is -2.37. The molecule has 3 aliphatic heterocycles. The number of piperazine rings is 1. The quantitative estimate of drug-likeness (QED) is 0.711. The number of hydrogen-bond acceptors (Lipinski definition) is 6. The van der Waals surface area contributed by atoms with Crippen molar-refractivity contribution in [1.29, 1.82) is 0 Å². The number of rotatable bonds is 3. The number of hydrogen-bond donors (Lipinski definition) is 3. The number of benzene rings is 2. The number of nitrogens with zero attached hydrogens (tertiary/aromatic N) is 3. The number of fused-ring (bicyclic) bond motifs is 1. The Morgan fingerprint density at radius 3 is 2.43 bits per heavy atom. The fraction of sp³-hybridized carbons (Fsp3) is 0.409. The maximum atomic E-state index is 14.3. The smallest absolute Gasteiger partial charge is 0.243 e. The van der Waals surface area contributed by atoms with E-state index in [9.17, 15) is 9.18 Å². The summed E-state index contributed by atoms with van der Waals surface area (Å²) in [5.41, 5.74) is 12.4. The minimum absolute atomic E-state index is 0.0288. The van der Waals surface area contributed by atoms with Gasteiger partial charge in [-0.2, -0.15) is 0 Å². The topological polar surface area (TPSA) is 62.9 Å². The molecule has 0 radical (unpaired) electrons. The average molecular weight is 410 g/mol. The van der Waals surface area contributed by atoms with Gasteiger partial charge in [-0.25, -0.2) is 20.3 Å². The van der Waals surface area contributed by atoms with E-state index >= 15 is 0 Å². The molecule has 0 aromatic heterocycles. The molecule has 3 atom stereocenters. The van der Waals surface area contributed by atoms with Gasteiger partial charge >= 0.3 is 0 Å². The molecule has 0 saturated carbocycles. The molecule has 3 N–H and O–H groups in total. The number of anilines is 2. The van der Waals surface area contributed by atoms with E-state index in [1.807, 2.05) is 0 Å². The molecular formula is C22H27FN6O. The van der Waals surface area contributed by atoms with Gasteiger partial charge in [0, 0.05) is 44.3 Å².